The SMILES string of the molecule is Cc1c(F)c(N)cc(-c2nc3c4c(nc(OC[C@@]5(CN6CC7(COC7)C6)CC5(F)F)nc4c2F)N2C[C@H]4CC[C@@H]([C@H]2[C@H](C)O3)N4C(=O)OC(C)(C)C)c1C(F)(F)F. The molecule has 1 amide bonds. The molecule has 0 radical (unpaired) electrons. The van der Waals surface area contributed by atoms with E-state index >= 15 is 13.2 Å². The van der Waals surface area contributed by atoms with Gasteiger partial charge in [-0.3, -0.25) is 4.90 Å². The summed E-state index contributed by atoms with van der Waals surface area (Å²) in [6, 6.07) is -1.38. The minimum absolute atomic E-state index is 0.0157. The zero-order valence-electron chi connectivity index (χ0n) is 31.9. The van der Waals surface area contributed by atoms with Crippen LogP contribution >= 0.6 is 0 Å². The Labute approximate surface area is 322 Å². The molecular weight excluding hydrogens is 767 g/mol. The first kappa shape index (κ1) is 38.1. The fourth-order valence-corrected chi connectivity index (χ4v) is 9.61. The molecule has 6 aliphatic rings. The lowest BCUT2D eigenvalue weighted by Crippen LogP contribution is -2.66. The molecule has 1 aliphatic carbocycles. The molecule has 57 heavy (non-hydrogen) atoms. The van der Waals surface area contributed by atoms with Gasteiger partial charge in [-0.2, -0.15) is 23.1 Å². The minimum Gasteiger partial charge on any atom is -0.472 e. The van der Waals surface area contributed by atoms with Crippen molar-refractivity contribution in [3.05, 3.63) is 28.8 Å². The average molecular weight is 810 g/mol. The largest absolute Gasteiger partial charge is 0.472 e. The number of pyridine rings is 1. The molecular formula is C38H42F7N7O5. The highest BCUT2D eigenvalue weighted by atomic mass is 19.4. The fraction of sp³-hybridized carbons (Fsp3) is 0.632. The van der Waals surface area contributed by atoms with Crippen molar-refractivity contribution >= 4 is 28.5 Å². The number of halogens is 7. The van der Waals surface area contributed by atoms with Gasteiger partial charge in [0.15, 0.2) is 5.82 Å². The van der Waals surface area contributed by atoms with E-state index in [9.17, 15) is 22.4 Å². The summed E-state index contributed by atoms with van der Waals surface area (Å²) in [6.07, 6.45) is -5.87. The number of nitrogens with two attached hydrogens (primary N) is 1. The van der Waals surface area contributed by atoms with E-state index in [-0.39, 0.29) is 41.6 Å². The van der Waals surface area contributed by atoms with E-state index in [4.69, 9.17) is 24.7 Å². The topological polar surface area (TPSA) is 128 Å². The number of aromatic nitrogens is 3. The summed E-state index contributed by atoms with van der Waals surface area (Å²) in [5, 5.41) is -0.0940. The van der Waals surface area contributed by atoms with Crippen LogP contribution in [0.25, 0.3) is 22.2 Å². The standard InChI is InChI=1S/C38H42F7N7O5/c1-17-24(38(43,44)45)20(8-21(46)25(17)39)27-26(40)28-23-30(49-32(48-28)55-16-36(10-37(36,41)42)13-50-11-35(12-50)14-54-15-35)51-9-19-6-7-22(29(51)18(2)56-31(23)47-27)52(19)33(53)57-34(3,4)5/h8,18-19,22,29H,6-7,9-16,46H2,1-5H3/t18-,19+,22-,29+,36-/m0/s1. The third kappa shape index (κ3) is 5.99. The van der Waals surface area contributed by atoms with Gasteiger partial charge in [0, 0.05) is 43.6 Å². The molecule has 5 fully saturated rings. The summed E-state index contributed by atoms with van der Waals surface area (Å²) in [7, 11) is 0. The molecule has 1 spiro atoms. The van der Waals surface area contributed by atoms with E-state index in [1.165, 1.54) is 0 Å². The van der Waals surface area contributed by atoms with E-state index < -0.39 is 112 Å². The van der Waals surface area contributed by atoms with Crippen LogP contribution in [0.15, 0.2) is 6.07 Å². The molecule has 3 aromatic rings. The monoisotopic (exact) mass is 809 g/mol. The number of nitrogens with zero attached hydrogens (tertiary/aromatic N) is 6. The maximum absolute atomic E-state index is 17.1. The molecule has 2 N–H and O–H groups in total. The highest BCUT2D eigenvalue weighted by molar-refractivity contribution is 5.98. The van der Waals surface area contributed by atoms with E-state index in [0.717, 1.165) is 6.92 Å². The van der Waals surface area contributed by atoms with Gasteiger partial charge in [-0.05, 0) is 59.1 Å². The molecule has 2 aromatic heterocycles. The van der Waals surface area contributed by atoms with Crippen LogP contribution in [0, 0.1) is 29.4 Å². The van der Waals surface area contributed by atoms with Crippen molar-refractivity contribution in [2.45, 2.75) is 95.8 Å². The Morgan fingerprint density at radius 2 is 1.77 bits per heavy atom. The van der Waals surface area contributed by atoms with Crippen LogP contribution in [-0.4, -0.2) is 113 Å². The number of anilines is 2. The first-order valence-electron chi connectivity index (χ1n) is 18.9. The van der Waals surface area contributed by atoms with E-state index in [1.54, 1.807) is 32.6 Å². The van der Waals surface area contributed by atoms with Crippen LogP contribution in [0.2, 0.25) is 0 Å². The number of amides is 1. The molecule has 2 bridgehead atoms. The Kier molecular flexibility index (Phi) is 8.24. The lowest BCUT2D eigenvalue weighted by Gasteiger charge is -2.55. The Bertz CT molecular complexity index is 2190. The van der Waals surface area contributed by atoms with Gasteiger partial charge in [0.25, 0.3) is 5.92 Å². The zero-order chi connectivity index (χ0) is 40.8. The quantitative estimate of drug-likeness (QED) is 0.221. The molecule has 9 rings (SSSR count). The predicted octanol–water partition coefficient (Wildman–Crippen LogP) is 6.35. The third-order valence-corrected chi connectivity index (χ3v) is 12.3. The number of hydrogen-bond donors (Lipinski definition) is 1. The lowest BCUT2D eigenvalue weighted by atomic mass is 9.77. The van der Waals surface area contributed by atoms with E-state index in [1.807, 2.05) is 9.80 Å². The predicted molar refractivity (Wildman–Crippen MR) is 190 cm³/mol. The second-order valence-electron chi connectivity index (χ2n) is 17.7. The highest BCUT2D eigenvalue weighted by Gasteiger charge is 2.73. The van der Waals surface area contributed by atoms with Crippen LogP contribution in [0.1, 0.15) is 58.1 Å². The van der Waals surface area contributed by atoms with Crippen molar-refractivity contribution in [1.82, 2.24) is 24.8 Å². The van der Waals surface area contributed by atoms with Crippen LogP contribution in [0.3, 0.4) is 0 Å². The molecule has 5 aliphatic heterocycles. The number of likely N-dealkylation sites (tertiary alicyclic amines) is 1. The maximum Gasteiger partial charge on any atom is 0.417 e. The summed E-state index contributed by atoms with van der Waals surface area (Å²) >= 11 is 0. The number of piperazine rings is 1. The first-order chi connectivity index (χ1) is 26.6. The third-order valence-electron chi connectivity index (χ3n) is 12.3. The van der Waals surface area contributed by atoms with Gasteiger partial charge < -0.3 is 34.5 Å². The van der Waals surface area contributed by atoms with Gasteiger partial charge in [0.1, 0.15) is 46.5 Å². The molecule has 7 heterocycles. The van der Waals surface area contributed by atoms with Crippen molar-refractivity contribution < 1.29 is 54.5 Å². The number of ether oxygens (including phenoxy) is 4. The van der Waals surface area contributed by atoms with Crippen molar-refractivity contribution in [2.75, 3.05) is 56.6 Å². The summed E-state index contributed by atoms with van der Waals surface area (Å²) in [6.45, 7) is 9.85. The van der Waals surface area contributed by atoms with Gasteiger partial charge in [-0.1, -0.05) is 0 Å². The Balaban J connectivity index is 1.16. The number of hydrogen-bond acceptors (Lipinski definition) is 11. The van der Waals surface area contributed by atoms with Gasteiger partial charge in [0.2, 0.25) is 5.88 Å². The summed E-state index contributed by atoms with van der Waals surface area (Å²) in [4.78, 5) is 32.2. The summed E-state index contributed by atoms with van der Waals surface area (Å²) in [5.74, 6) is -6.00. The first-order valence-corrected chi connectivity index (χ1v) is 18.9. The molecule has 5 atom stereocenters. The van der Waals surface area contributed by atoms with E-state index in [2.05, 4.69) is 15.0 Å². The average Bonchev–Trinajstić information content (AvgIpc) is 3.52. The van der Waals surface area contributed by atoms with Crippen LogP contribution < -0.4 is 20.1 Å². The molecule has 12 nitrogen and oxygen atoms in total. The fourth-order valence-electron chi connectivity index (χ4n) is 9.61. The highest BCUT2D eigenvalue weighted by Crippen LogP contribution is 2.62. The number of alkyl halides is 5. The van der Waals surface area contributed by atoms with E-state index in [0.29, 0.717) is 45.2 Å². The number of carbonyl (C=O) groups is 1. The number of fused-ring (bicyclic) bond motifs is 5. The molecule has 1 saturated carbocycles. The lowest BCUT2D eigenvalue weighted by molar-refractivity contribution is -0.194. The van der Waals surface area contributed by atoms with Crippen molar-refractivity contribution in [3.8, 4) is 23.1 Å². The second-order valence-corrected chi connectivity index (χ2v) is 17.7. The number of carbonyl (C=O) groups excluding carboxylic acids is 1. The van der Waals surface area contributed by atoms with Crippen molar-refractivity contribution in [2.24, 2.45) is 10.8 Å². The minimum atomic E-state index is -5.17. The Morgan fingerprint density at radius 1 is 1.07 bits per heavy atom. The van der Waals surface area contributed by atoms with Crippen LogP contribution in [0.5, 0.6) is 11.9 Å². The normalized spacial score (nSPS) is 28.4. The van der Waals surface area contributed by atoms with Gasteiger partial charge in [0.05, 0.1) is 48.0 Å². The van der Waals surface area contributed by atoms with Gasteiger partial charge >= 0.3 is 18.3 Å². The summed E-state index contributed by atoms with van der Waals surface area (Å²) < 4.78 is 129. The number of nitrogen functional groups attached to an aromatic ring is 1. The van der Waals surface area contributed by atoms with Crippen LogP contribution in [0.4, 0.5) is 47.0 Å². The van der Waals surface area contributed by atoms with Crippen molar-refractivity contribution in [3.63, 3.8) is 0 Å². The molecule has 1 aromatic carbocycles. The van der Waals surface area contributed by atoms with Gasteiger partial charge in [-0.25, -0.2) is 27.3 Å². The Morgan fingerprint density at radius 3 is 2.39 bits per heavy atom. The zero-order valence-corrected chi connectivity index (χ0v) is 31.9. The smallest absolute Gasteiger partial charge is 0.417 e. The Hall–Kier alpha value is -4.39. The molecule has 4 saturated heterocycles. The molecule has 0 unspecified atom stereocenters. The summed E-state index contributed by atoms with van der Waals surface area (Å²) in [5.41, 5.74) is -1.92. The second kappa shape index (κ2) is 12.3. The van der Waals surface area contributed by atoms with Crippen molar-refractivity contribution in [1.29, 1.82) is 0 Å². The number of benzene rings is 1. The van der Waals surface area contributed by atoms with Gasteiger partial charge in [-0.15, -0.1) is 0 Å². The molecule has 308 valence electrons. The molecule has 19 heteroatoms. The van der Waals surface area contributed by atoms with Crippen LogP contribution in [-0.2, 0) is 15.7 Å². The number of rotatable bonds is 6. The maximum atomic E-state index is 17.1.